The van der Waals surface area contributed by atoms with Crippen molar-refractivity contribution in [3.05, 3.63) is 0 Å². The van der Waals surface area contributed by atoms with Crippen molar-refractivity contribution < 1.29 is 9.28 Å². The number of hydrogen-bond acceptors (Lipinski definition) is 1. The summed E-state index contributed by atoms with van der Waals surface area (Å²) in [5, 5.41) is 0. The monoisotopic (exact) mass is 158 g/mol. The van der Waals surface area contributed by atoms with Crippen molar-refractivity contribution in [1.29, 1.82) is 0 Å². The Morgan fingerprint density at radius 3 is 2.18 bits per heavy atom. The van der Waals surface area contributed by atoms with Gasteiger partial charge in [-0.15, -0.1) is 0 Å². The molecule has 0 saturated heterocycles. The minimum atomic E-state index is 0.562. The molecule has 0 aromatic heterocycles. The average molecular weight is 158 g/mol. The number of nitrogens with zero attached hydrogens (tertiary/aromatic N) is 1. The maximum absolute atomic E-state index is 10.3. The first-order chi connectivity index (χ1) is 4.99. The van der Waals surface area contributed by atoms with Crippen molar-refractivity contribution in [3.63, 3.8) is 0 Å². The third-order valence-corrected chi connectivity index (χ3v) is 1.81. The molecule has 0 aromatic carbocycles. The van der Waals surface area contributed by atoms with Crippen molar-refractivity contribution in [3.8, 4) is 0 Å². The van der Waals surface area contributed by atoms with E-state index < -0.39 is 0 Å². The van der Waals surface area contributed by atoms with E-state index in [1.54, 1.807) is 0 Å². The lowest BCUT2D eigenvalue weighted by Gasteiger charge is -2.27. The van der Waals surface area contributed by atoms with Crippen LogP contribution in [0.1, 0.15) is 19.8 Å². The summed E-state index contributed by atoms with van der Waals surface area (Å²) in [6, 6.07) is 0. The van der Waals surface area contributed by atoms with Crippen molar-refractivity contribution in [2.75, 3.05) is 27.7 Å². The van der Waals surface area contributed by atoms with Crippen LogP contribution in [-0.4, -0.2) is 38.5 Å². The fourth-order valence-corrected chi connectivity index (χ4v) is 1.28. The minimum Gasteiger partial charge on any atom is -0.331 e. The minimum absolute atomic E-state index is 0.562. The molecule has 0 radical (unpaired) electrons. The molecule has 66 valence electrons. The summed E-state index contributed by atoms with van der Waals surface area (Å²) in [7, 11) is 6.48. The Labute approximate surface area is 69.8 Å². The normalized spacial score (nSPS) is 14.5. The van der Waals surface area contributed by atoms with Gasteiger partial charge in [0.2, 0.25) is 0 Å². The predicted molar refractivity (Wildman–Crippen MR) is 47.4 cm³/mol. The molecule has 0 N–H and O–H groups in total. The van der Waals surface area contributed by atoms with Crippen LogP contribution in [0, 0.1) is 5.92 Å². The molecule has 0 spiro atoms. The van der Waals surface area contributed by atoms with Gasteiger partial charge in [-0.3, -0.25) is 0 Å². The molecule has 0 heterocycles. The molecule has 0 aromatic rings. The van der Waals surface area contributed by atoms with E-state index in [1.165, 1.54) is 0 Å². The first-order valence-corrected chi connectivity index (χ1v) is 4.23. The van der Waals surface area contributed by atoms with Crippen molar-refractivity contribution in [2.24, 2.45) is 5.92 Å². The highest BCUT2D eigenvalue weighted by atomic mass is 16.1. The third-order valence-electron chi connectivity index (χ3n) is 1.81. The Morgan fingerprint density at radius 2 is 1.91 bits per heavy atom. The smallest absolute Gasteiger partial charge is 0.120 e. The van der Waals surface area contributed by atoms with E-state index in [-0.39, 0.29) is 0 Å². The van der Waals surface area contributed by atoms with E-state index in [0.717, 1.165) is 23.7 Å². The molecule has 0 aliphatic rings. The van der Waals surface area contributed by atoms with Gasteiger partial charge in [0, 0.05) is 12.3 Å². The van der Waals surface area contributed by atoms with Crippen LogP contribution in [0.5, 0.6) is 0 Å². The van der Waals surface area contributed by atoms with Crippen LogP contribution in [0.2, 0.25) is 0 Å². The lowest BCUT2D eigenvalue weighted by Crippen LogP contribution is -2.39. The van der Waals surface area contributed by atoms with Gasteiger partial charge in [0.25, 0.3) is 0 Å². The highest BCUT2D eigenvalue weighted by molar-refractivity contribution is 5.49. The van der Waals surface area contributed by atoms with Gasteiger partial charge in [-0.25, -0.2) is 0 Å². The molecule has 0 saturated carbocycles. The topological polar surface area (TPSA) is 17.1 Å². The summed E-state index contributed by atoms with van der Waals surface area (Å²) in [4.78, 5) is 10.3. The molecular formula is C9H20NO+. The van der Waals surface area contributed by atoms with Gasteiger partial charge >= 0.3 is 0 Å². The molecular weight excluding hydrogens is 138 g/mol. The molecule has 0 aliphatic heterocycles. The van der Waals surface area contributed by atoms with Crippen molar-refractivity contribution in [1.82, 2.24) is 0 Å². The van der Waals surface area contributed by atoms with Crippen LogP contribution in [0.25, 0.3) is 0 Å². The van der Waals surface area contributed by atoms with Crippen LogP contribution in [0.15, 0.2) is 0 Å². The zero-order valence-electron chi connectivity index (χ0n) is 8.13. The highest BCUT2D eigenvalue weighted by Gasteiger charge is 2.15. The van der Waals surface area contributed by atoms with Gasteiger partial charge in [-0.2, -0.15) is 0 Å². The van der Waals surface area contributed by atoms with E-state index in [4.69, 9.17) is 0 Å². The van der Waals surface area contributed by atoms with Gasteiger partial charge in [-0.1, -0.05) is 6.92 Å². The average Bonchev–Trinajstić information content (AvgIpc) is 1.84. The molecule has 2 nitrogen and oxygen atoms in total. The van der Waals surface area contributed by atoms with E-state index in [0.29, 0.717) is 12.3 Å². The van der Waals surface area contributed by atoms with Crippen LogP contribution in [0.3, 0.4) is 0 Å². The van der Waals surface area contributed by atoms with Gasteiger partial charge in [-0.05, 0) is 6.42 Å². The Balaban J connectivity index is 3.77. The molecule has 0 rings (SSSR count). The fourth-order valence-electron chi connectivity index (χ4n) is 1.28. The summed E-state index contributed by atoms with van der Waals surface area (Å²) in [5.74, 6) is 0.562. The van der Waals surface area contributed by atoms with Gasteiger partial charge in [0.05, 0.1) is 27.7 Å². The Bertz CT molecular complexity index is 115. The number of quaternary nitrogens is 1. The molecule has 1 unspecified atom stereocenters. The second kappa shape index (κ2) is 4.50. The highest BCUT2D eigenvalue weighted by Crippen LogP contribution is 2.09. The van der Waals surface area contributed by atoms with Gasteiger partial charge in [0.1, 0.15) is 6.29 Å². The summed E-state index contributed by atoms with van der Waals surface area (Å²) >= 11 is 0. The standard InChI is InChI=1S/C9H20NO/c1-5-9(6-7-11)8-10(2,3)4/h7,9H,5-6,8H2,1-4H3/q+1. The summed E-state index contributed by atoms with van der Waals surface area (Å²) in [5.41, 5.74) is 0. The predicted octanol–water partition coefficient (Wildman–Crippen LogP) is 1.31. The molecule has 0 amide bonds. The second-order valence-electron chi connectivity index (χ2n) is 4.15. The SMILES string of the molecule is CCC(CC=O)C[N+](C)(C)C. The first kappa shape index (κ1) is 10.6. The molecule has 0 fully saturated rings. The second-order valence-corrected chi connectivity index (χ2v) is 4.15. The maximum Gasteiger partial charge on any atom is 0.120 e. The van der Waals surface area contributed by atoms with Gasteiger partial charge in [0.15, 0.2) is 0 Å². The molecule has 0 aliphatic carbocycles. The molecule has 2 heteroatoms. The number of carbonyl (C=O) groups is 1. The van der Waals surface area contributed by atoms with E-state index in [1.807, 2.05) is 0 Å². The number of carbonyl (C=O) groups excluding carboxylic acids is 1. The van der Waals surface area contributed by atoms with Crippen LogP contribution in [0.4, 0.5) is 0 Å². The number of aldehydes is 1. The number of hydrogen-bond donors (Lipinski definition) is 0. The van der Waals surface area contributed by atoms with Crippen LogP contribution in [-0.2, 0) is 4.79 Å². The Hall–Kier alpha value is -0.370. The molecule has 0 bridgehead atoms. The maximum atomic E-state index is 10.3. The lowest BCUT2D eigenvalue weighted by atomic mass is 10.0. The lowest BCUT2D eigenvalue weighted by molar-refractivity contribution is -0.873. The van der Waals surface area contributed by atoms with Crippen molar-refractivity contribution >= 4 is 6.29 Å². The van der Waals surface area contributed by atoms with Gasteiger partial charge < -0.3 is 9.28 Å². The van der Waals surface area contributed by atoms with E-state index >= 15 is 0 Å². The third kappa shape index (κ3) is 6.05. The summed E-state index contributed by atoms with van der Waals surface area (Å²) in [6.07, 6.45) is 2.85. The summed E-state index contributed by atoms with van der Waals surface area (Å²) < 4.78 is 0.951. The first-order valence-electron chi connectivity index (χ1n) is 4.23. The molecule has 11 heavy (non-hydrogen) atoms. The fraction of sp³-hybridized carbons (Fsp3) is 0.889. The largest absolute Gasteiger partial charge is 0.331 e. The van der Waals surface area contributed by atoms with E-state index in [2.05, 4.69) is 28.1 Å². The number of rotatable bonds is 5. The van der Waals surface area contributed by atoms with Crippen LogP contribution < -0.4 is 0 Å². The summed E-state index contributed by atoms with van der Waals surface area (Å²) in [6.45, 7) is 3.24. The Morgan fingerprint density at radius 1 is 1.36 bits per heavy atom. The molecule has 1 atom stereocenters. The zero-order valence-corrected chi connectivity index (χ0v) is 8.13. The van der Waals surface area contributed by atoms with Crippen LogP contribution >= 0.6 is 0 Å². The Kier molecular flexibility index (Phi) is 4.34. The zero-order chi connectivity index (χ0) is 8.91. The quantitative estimate of drug-likeness (QED) is 0.435. The van der Waals surface area contributed by atoms with E-state index in [9.17, 15) is 4.79 Å². The van der Waals surface area contributed by atoms with Crippen molar-refractivity contribution in [2.45, 2.75) is 19.8 Å².